The number of aromatic nitrogens is 1. The van der Waals surface area contributed by atoms with Crippen molar-refractivity contribution >= 4 is 29.2 Å². The largest absolute Gasteiger partial charge is 0.451 e. The number of hydrazone groups is 1. The number of ether oxygens (including phenoxy) is 1. The number of hydrogen-bond acceptors (Lipinski definition) is 4. The highest BCUT2D eigenvalue weighted by molar-refractivity contribution is 6.30. The summed E-state index contributed by atoms with van der Waals surface area (Å²) in [6.07, 6.45) is 1.23. The maximum absolute atomic E-state index is 10.9. The number of nitrogens with zero attached hydrogens (tertiary/aromatic N) is 4. The van der Waals surface area contributed by atoms with Crippen molar-refractivity contribution in [1.82, 2.24) is 9.88 Å². The number of halogens is 2. The lowest BCUT2D eigenvalue weighted by molar-refractivity contribution is -0.486. The van der Waals surface area contributed by atoms with Gasteiger partial charge in [-0.05, 0) is 36.2 Å². The van der Waals surface area contributed by atoms with Gasteiger partial charge in [-0.3, -0.25) is 0 Å². The minimum Gasteiger partial charge on any atom is -0.451 e. The monoisotopic (exact) mass is 380 g/mol. The van der Waals surface area contributed by atoms with Gasteiger partial charge in [0, 0.05) is 17.8 Å². The molecule has 2 aromatic rings. The third-order valence-electron chi connectivity index (χ3n) is 3.92. The summed E-state index contributed by atoms with van der Waals surface area (Å²) in [4.78, 5) is 16.6. The third-order valence-corrected chi connectivity index (χ3v) is 4.39. The number of amidine groups is 1. The topological polar surface area (TPSA) is 80.9 Å². The van der Waals surface area contributed by atoms with Crippen LogP contribution in [0.15, 0.2) is 47.7 Å². The first-order valence-electron chi connectivity index (χ1n) is 7.46. The Morgan fingerprint density at radius 3 is 2.60 bits per heavy atom. The van der Waals surface area contributed by atoms with Crippen molar-refractivity contribution < 1.29 is 9.77 Å². The summed E-state index contributed by atoms with van der Waals surface area (Å²) in [5, 5.41) is 14.5. The summed E-state index contributed by atoms with van der Waals surface area (Å²) in [6, 6.07) is 10.4. The zero-order valence-electron chi connectivity index (χ0n) is 13.2. The van der Waals surface area contributed by atoms with Crippen molar-refractivity contribution in [2.24, 2.45) is 5.10 Å². The van der Waals surface area contributed by atoms with Gasteiger partial charge in [-0.25, -0.2) is 15.1 Å². The molecule has 0 bridgehead atoms. The Labute approximate surface area is 154 Å². The molecule has 2 heterocycles. The van der Waals surface area contributed by atoms with Gasteiger partial charge < -0.3 is 9.64 Å². The van der Waals surface area contributed by atoms with Crippen LogP contribution in [0.5, 0.6) is 0 Å². The molecule has 0 spiro atoms. The van der Waals surface area contributed by atoms with Crippen LogP contribution in [0.25, 0.3) is 0 Å². The van der Waals surface area contributed by atoms with E-state index >= 15 is 0 Å². The molecule has 0 saturated carbocycles. The first-order valence-corrected chi connectivity index (χ1v) is 8.22. The molecule has 9 heteroatoms. The Hall–Kier alpha value is -2.38. The zero-order chi connectivity index (χ0) is 18.0. The zero-order valence-corrected chi connectivity index (χ0v) is 14.7. The predicted molar refractivity (Wildman–Crippen MR) is 94.0 cm³/mol. The summed E-state index contributed by atoms with van der Waals surface area (Å²) in [7, 11) is 0. The second kappa shape index (κ2) is 7.25. The summed E-state index contributed by atoms with van der Waals surface area (Å²) in [5.74, 6) is 0. The van der Waals surface area contributed by atoms with Crippen LogP contribution in [0.1, 0.15) is 24.2 Å². The molecule has 3 rings (SSSR count). The van der Waals surface area contributed by atoms with Gasteiger partial charge >= 0.3 is 6.02 Å². The Bertz CT molecular complexity index is 796. The second-order valence-corrected chi connectivity index (χ2v) is 6.39. The average molecular weight is 381 g/mol. The van der Waals surface area contributed by atoms with E-state index in [2.05, 4.69) is 10.1 Å². The minimum atomic E-state index is -0.764. The number of rotatable bonds is 4. The highest BCUT2D eigenvalue weighted by Crippen LogP contribution is 2.34. The van der Waals surface area contributed by atoms with Crippen molar-refractivity contribution in [3.8, 4) is 0 Å². The molecular weight excluding hydrogens is 367 g/mol. The normalized spacial score (nSPS) is 21.4. The van der Waals surface area contributed by atoms with Gasteiger partial charge in [-0.15, -0.1) is 0 Å². The minimum absolute atomic E-state index is 0.0348. The van der Waals surface area contributed by atoms with E-state index in [4.69, 9.17) is 27.9 Å². The van der Waals surface area contributed by atoms with Gasteiger partial charge in [0.1, 0.15) is 16.4 Å². The third kappa shape index (κ3) is 4.00. The molecule has 1 aromatic carbocycles. The van der Waals surface area contributed by atoms with Crippen LogP contribution in [0.2, 0.25) is 10.2 Å². The van der Waals surface area contributed by atoms with E-state index in [-0.39, 0.29) is 12.1 Å². The second-order valence-electron chi connectivity index (χ2n) is 5.57. The molecule has 0 radical (unpaired) electrons. The van der Waals surface area contributed by atoms with Crippen LogP contribution in [0, 0.1) is 10.1 Å². The van der Waals surface area contributed by atoms with Gasteiger partial charge in [0.15, 0.2) is 5.03 Å². The number of benzene rings is 1. The van der Waals surface area contributed by atoms with Crippen molar-refractivity contribution in [3.63, 3.8) is 0 Å². The molecule has 1 aromatic heterocycles. The maximum atomic E-state index is 10.9. The van der Waals surface area contributed by atoms with Gasteiger partial charge in [-0.1, -0.05) is 41.4 Å². The summed E-state index contributed by atoms with van der Waals surface area (Å²) < 4.78 is 5.76. The van der Waals surface area contributed by atoms with E-state index in [1.165, 1.54) is 0 Å². The van der Waals surface area contributed by atoms with E-state index in [0.717, 1.165) is 11.1 Å². The SMILES string of the molecule is CC1C(c2ccc(Cl)cc2)O/C(=N/[N+](=O)[O-])N1Cc1ccc(Cl)nc1. The van der Waals surface area contributed by atoms with Crippen molar-refractivity contribution in [2.45, 2.75) is 25.6 Å². The number of nitro groups is 1. The van der Waals surface area contributed by atoms with Crippen LogP contribution in [-0.2, 0) is 11.3 Å². The summed E-state index contributed by atoms with van der Waals surface area (Å²) >= 11 is 11.7. The van der Waals surface area contributed by atoms with E-state index in [9.17, 15) is 10.1 Å². The molecule has 1 fully saturated rings. The van der Waals surface area contributed by atoms with E-state index in [1.54, 1.807) is 35.4 Å². The molecule has 1 aliphatic rings. The van der Waals surface area contributed by atoms with Gasteiger partial charge in [0.05, 0.1) is 6.04 Å². The average Bonchev–Trinajstić information content (AvgIpc) is 2.86. The lowest BCUT2D eigenvalue weighted by atomic mass is 10.0. The van der Waals surface area contributed by atoms with Crippen LogP contribution in [0.4, 0.5) is 0 Å². The highest BCUT2D eigenvalue weighted by Gasteiger charge is 2.40. The van der Waals surface area contributed by atoms with Crippen LogP contribution in [-0.4, -0.2) is 27.0 Å². The lowest BCUT2D eigenvalue weighted by Gasteiger charge is -2.21. The molecule has 2 atom stereocenters. The lowest BCUT2D eigenvalue weighted by Crippen LogP contribution is -2.32. The van der Waals surface area contributed by atoms with Gasteiger partial charge in [-0.2, -0.15) is 0 Å². The van der Waals surface area contributed by atoms with Crippen LogP contribution >= 0.6 is 23.2 Å². The number of pyridine rings is 1. The number of hydrogen-bond donors (Lipinski definition) is 0. The molecule has 1 saturated heterocycles. The van der Waals surface area contributed by atoms with E-state index in [0.29, 0.717) is 16.7 Å². The maximum Gasteiger partial charge on any atom is 0.363 e. The highest BCUT2D eigenvalue weighted by atomic mass is 35.5. The van der Waals surface area contributed by atoms with E-state index in [1.807, 2.05) is 19.1 Å². The molecule has 130 valence electrons. The molecule has 2 unspecified atom stereocenters. The molecule has 0 N–H and O–H groups in total. The predicted octanol–water partition coefficient (Wildman–Crippen LogP) is 3.90. The Morgan fingerprint density at radius 1 is 1.28 bits per heavy atom. The van der Waals surface area contributed by atoms with Crippen molar-refractivity contribution in [1.29, 1.82) is 0 Å². The van der Waals surface area contributed by atoms with Gasteiger partial charge in [0.2, 0.25) is 0 Å². The molecule has 25 heavy (non-hydrogen) atoms. The van der Waals surface area contributed by atoms with Gasteiger partial charge in [0.25, 0.3) is 0 Å². The van der Waals surface area contributed by atoms with E-state index < -0.39 is 11.1 Å². The smallest absolute Gasteiger partial charge is 0.363 e. The quantitative estimate of drug-likeness (QED) is 0.456. The molecule has 0 aliphatic carbocycles. The summed E-state index contributed by atoms with van der Waals surface area (Å²) in [5.41, 5.74) is 1.71. The molecule has 1 aliphatic heterocycles. The fourth-order valence-electron chi connectivity index (χ4n) is 2.68. The standard InChI is InChI=1S/C16H14Cl2N4O3/c1-10-15(12-3-5-13(17)6-4-12)25-16(20-22(23)24)21(10)9-11-2-7-14(18)19-8-11/h2-8,10,15H,9H2,1H3/b20-16+. The molecule has 7 nitrogen and oxygen atoms in total. The first kappa shape index (κ1) is 17.4. The molecule has 0 amide bonds. The Morgan fingerprint density at radius 2 is 2.00 bits per heavy atom. The molecular formula is C16H14Cl2N4O3. The Kier molecular flexibility index (Phi) is 5.06. The van der Waals surface area contributed by atoms with Crippen LogP contribution in [0.3, 0.4) is 0 Å². The first-order chi connectivity index (χ1) is 11.9. The van der Waals surface area contributed by atoms with Crippen LogP contribution < -0.4 is 0 Å². The van der Waals surface area contributed by atoms with Crippen molar-refractivity contribution in [3.05, 3.63) is 74.0 Å². The van der Waals surface area contributed by atoms with Crippen molar-refractivity contribution in [2.75, 3.05) is 0 Å². The Balaban J connectivity index is 1.89. The fourth-order valence-corrected chi connectivity index (χ4v) is 2.91. The summed E-state index contributed by atoms with van der Waals surface area (Å²) in [6.45, 7) is 2.28. The fraction of sp³-hybridized carbons (Fsp3) is 0.250.